The molecule has 0 aromatic heterocycles. The molecule has 0 saturated heterocycles. The third kappa shape index (κ3) is 3.31. The number of nitrogens with one attached hydrogen (secondary N) is 1. The molecular weight excluding hydrogens is 236 g/mol. The van der Waals surface area contributed by atoms with Crippen LogP contribution in [-0.4, -0.2) is 11.6 Å². The zero-order chi connectivity index (χ0) is 13.8. The van der Waals surface area contributed by atoms with Crippen LogP contribution in [0, 0.1) is 0 Å². The lowest BCUT2D eigenvalue weighted by molar-refractivity contribution is -0.111. The van der Waals surface area contributed by atoms with Crippen molar-refractivity contribution >= 4 is 11.6 Å². The molecule has 19 heavy (non-hydrogen) atoms. The Balaban J connectivity index is 2.24. The van der Waals surface area contributed by atoms with Gasteiger partial charge >= 0.3 is 0 Å². The van der Waals surface area contributed by atoms with Crippen molar-refractivity contribution in [3.63, 3.8) is 0 Å². The van der Waals surface area contributed by atoms with Crippen LogP contribution in [0.4, 0.5) is 0 Å². The van der Waals surface area contributed by atoms with Gasteiger partial charge in [0, 0.05) is 13.1 Å². The zero-order valence-corrected chi connectivity index (χ0v) is 11.7. The lowest BCUT2D eigenvalue weighted by atomic mass is 10.1. The Bertz CT molecular complexity index is 539. The number of rotatable bonds is 3. The van der Waals surface area contributed by atoms with Crippen molar-refractivity contribution in [2.75, 3.05) is 0 Å². The Morgan fingerprint density at radius 3 is 2.74 bits per heavy atom. The van der Waals surface area contributed by atoms with Gasteiger partial charge in [-0.25, -0.2) is 0 Å². The van der Waals surface area contributed by atoms with E-state index in [-0.39, 0.29) is 11.8 Å². The van der Waals surface area contributed by atoms with Gasteiger partial charge in [0.1, 0.15) is 0 Å². The highest BCUT2D eigenvalue weighted by Gasteiger charge is 2.22. The molecule has 1 aromatic carbocycles. The van der Waals surface area contributed by atoms with Crippen LogP contribution >= 0.6 is 0 Å². The minimum Gasteiger partial charge on any atom is -0.344 e. The molecule has 0 fully saturated rings. The van der Waals surface area contributed by atoms with Crippen LogP contribution in [0.2, 0.25) is 0 Å². The Labute approximate surface area is 114 Å². The lowest BCUT2D eigenvalue weighted by Crippen LogP contribution is -2.26. The van der Waals surface area contributed by atoms with E-state index in [1.807, 2.05) is 26.1 Å². The number of ketones is 1. The number of Topliss-reactive ketones (excluding diaryl/α,β-unsaturated/α-hetero) is 1. The fourth-order valence-electron chi connectivity index (χ4n) is 2.27. The smallest absolute Gasteiger partial charge is 0.194 e. The molecule has 0 heterocycles. The summed E-state index contributed by atoms with van der Waals surface area (Å²) in [7, 11) is 0. The summed E-state index contributed by atoms with van der Waals surface area (Å²) < 4.78 is 0. The predicted molar refractivity (Wildman–Crippen MR) is 78.2 cm³/mol. The van der Waals surface area contributed by atoms with E-state index in [2.05, 4.69) is 28.5 Å². The quantitative estimate of drug-likeness (QED) is 0.666. The highest BCUT2D eigenvalue weighted by molar-refractivity contribution is 6.38. The number of hydrogen-bond acceptors (Lipinski definition) is 2. The first-order valence-corrected chi connectivity index (χ1v) is 6.64. The van der Waals surface area contributed by atoms with Crippen LogP contribution in [0.25, 0.3) is 0 Å². The van der Waals surface area contributed by atoms with Crippen molar-refractivity contribution in [3.8, 4) is 0 Å². The van der Waals surface area contributed by atoms with Crippen molar-refractivity contribution in [1.29, 1.82) is 0 Å². The number of aliphatic imine (C=N–C) groups is 1. The highest BCUT2D eigenvalue weighted by Crippen LogP contribution is 2.33. The van der Waals surface area contributed by atoms with Gasteiger partial charge in [-0.2, -0.15) is 0 Å². The van der Waals surface area contributed by atoms with E-state index in [0.29, 0.717) is 5.84 Å². The van der Waals surface area contributed by atoms with E-state index >= 15 is 0 Å². The molecule has 3 nitrogen and oxygen atoms in total. The SMILES string of the molecule is CC(=O)C(=NC1CCc2ccccc21)NC=C(C)C. The number of amidine groups is 1. The van der Waals surface area contributed by atoms with Gasteiger partial charge in [-0.05, 0) is 37.8 Å². The molecule has 1 N–H and O–H groups in total. The van der Waals surface area contributed by atoms with Gasteiger partial charge < -0.3 is 5.32 Å². The van der Waals surface area contributed by atoms with Gasteiger partial charge in [-0.3, -0.25) is 9.79 Å². The minimum atomic E-state index is -0.0260. The number of nitrogens with zero attached hydrogens (tertiary/aromatic N) is 1. The number of aryl methyl sites for hydroxylation is 1. The Hall–Kier alpha value is -1.90. The van der Waals surface area contributed by atoms with Gasteiger partial charge in [0.15, 0.2) is 11.6 Å². The maximum Gasteiger partial charge on any atom is 0.194 e. The molecule has 0 amide bonds. The maximum atomic E-state index is 11.6. The first-order chi connectivity index (χ1) is 9.08. The van der Waals surface area contributed by atoms with Crippen molar-refractivity contribution in [1.82, 2.24) is 5.32 Å². The van der Waals surface area contributed by atoms with Gasteiger partial charge in [0.25, 0.3) is 0 Å². The third-order valence-electron chi connectivity index (χ3n) is 3.22. The number of benzene rings is 1. The van der Waals surface area contributed by atoms with Crippen LogP contribution in [0.1, 0.15) is 44.4 Å². The summed E-state index contributed by atoms with van der Waals surface area (Å²) in [5.41, 5.74) is 3.71. The minimum absolute atomic E-state index is 0.0260. The van der Waals surface area contributed by atoms with Crippen molar-refractivity contribution < 1.29 is 4.79 Å². The molecule has 1 aliphatic rings. The van der Waals surface area contributed by atoms with Crippen molar-refractivity contribution in [3.05, 3.63) is 47.2 Å². The number of allylic oxidation sites excluding steroid dienone is 1. The van der Waals surface area contributed by atoms with Crippen LogP contribution in [0.3, 0.4) is 0 Å². The van der Waals surface area contributed by atoms with Crippen LogP contribution in [0.5, 0.6) is 0 Å². The zero-order valence-electron chi connectivity index (χ0n) is 11.7. The number of hydrogen-bond donors (Lipinski definition) is 1. The summed E-state index contributed by atoms with van der Waals surface area (Å²) in [6.45, 7) is 5.51. The number of carbonyl (C=O) groups is 1. The fourth-order valence-corrected chi connectivity index (χ4v) is 2.27. The van der Waals surface area contributed by atoms with Gasteiger partial charge in [-0.1, -0.05) is 29.8 Å². The van der Waals surface area contributed by atoms with E-state index < -0.39 is 0 Å². The van der Waals surface area contributed by atoms with E-state index in [1.165, 1.54) is 11.1 Å². The Morgan fingerprint density at radius 2 is 2.05 bits per heavy atom. The summed E-state index contributed by atoms with van der Waals surface area (Å²) in [5, 5.41) is 3.01. The first kappa shape index (κ1) is 13.5. The second kappa shape index (κ2) is 5.83. The molecule has 0 saturated carbocycles. The molecule has 1 unspecified atom stereocenters. The molecule has 0 bridgehead atoms. The average molecular weight is 256 g/mol. The third-order valence-corrected chi connectivity index (χ3v) is 3.22. The van der Waals surface area contributed by atoms with Gasteiger partial charge in [0.2, 0.25) is 0 Å². The summed E-state index contributed by atoms with van der Waals surface area (Å²) in [4.78, 5) is 16.2. The highest BCUT2D eigenvalue weighted by atomic mass is 16.1. The summed E-state index contributed by atoms with van der Waals surface area (Å²) in [5.74, 6) is 0.421. The molecule has 1 atom stereocenters. The van der Waals surface area contributed by atoms with E-state index in [0.717, 1.165) is 18.4 Å². The van der Waals surface area contributed by atoms with Crippen LogP contribution < -0.4 is 5.32 Å². The van der Waals surface area contributed by atoms with E-state index in [4.69, 9.17) is 0 Å². The molecule has 3 heteroatoms. The van der Waals surface area contributed by atoms with Crippen LogP contribution in [-0.2, 0) is 11.2 Å². The normalized spacial score (nSPS) is 17.8. The second-order valence-electron chi connectivity index (χ2n) is 5.15. The molecule has 1 aromatic rings. The summed E-state index contributed by atoms with van der Waals surface area (Å²) in [6, 6.07) is 8.44. The number of carbonyl (C=O) groups excluding carboxylic acids is 1. The fraction of sp³-hybridized carbons (Fsp3) is 0.375. The molecule has 0 spiro atoms. The van der Waals surface area contributed by atoms with E-state index in [9.17, 15) is 4.79 Å². The Morgan fingerprint density at radius 1 is 1.32 bits per heavy atom. The van der Waals surface area contributed by atoms with Crippen molar-refractivity contribution in [2.45, 2.75) is 39.7 Å². The molecular formula is C16H20N2O. The predicted octanol–water partition coefficient (Wildman–Crippen LogP) is 3.17. The second-order valence-corrected chi connectivity index (χ2v) is 5.15. The van der Waals surface area contributed by atoms with Gasteiger partial charge in [0.05, 0.1) is 6.04 Å². The molecule has 0 radical (unpaired) electrons. The van der Waals surface area contributed by atoms with Crippen molar-refractivity contribution in [2.24, 2.45) is 4.99 Å². The average Bonchev–Trinajstić information content (AvgIpc) is 2.77. The largest absolute Gasteiger partial charge is 0.344 e. The van der Waals surface area contributed by atoms with Crippen LogP contribution in [0.15, 0.2) is 41.0 Å². The monoisotopic (exact) mass is 256 g/mol. The standard InChI is InChI=1S/C16H20N2O/c1-11(2)10-17-16(12(3)19)18-15-9-8-13-6-4-5-7-14(13)15/h4-7,10,15H,8-9H2,1-3H3,(H,17,18). The maximum absolute atomic E-state index is 11.6. The van der Waals surface area contributed by atoms with Gasteiger partial charge in [-0.15, -0.1) is 0 Å². The molecule has 100 valence electrons. The number of fused-ring (bicyclic) bond motifs is 1. The summed E-state index contributed by atoms with van der Waals surface area (Å²) >= 11 is 0. The lowest BCUT2D eigenvalue weighted by Gasteiger charge is -2.09. The molecule has 1 aliphatic carbocycles. The molecule has 2 rings (SSSR count). The van der Waals surface area contributed by atoms with E-state index in [1.54, 1.807) is 6.92 Å². The first-order valence-electron chi connectivity index (χ1n) is 6.64. The Kier molecular flexibility index (Phi) is 4.15. The summed E-state index contributed by atoms with van der Waals surface area (Å²) in [6.07, 6.45) is 3.84. The topological polar surface area (TPSA) is 41.5 Å². The molecule has 0 aliphatic heterocycles.